The molecule has 0 amide bonds. The minimum atomic E-state index is -0.0949. The molecule has 1 heterocycles. The topological polar surface area (TPSA) is 38.8 Å². The van der Waals surface area contributed by atoms with Crippen molar-refractivity contribution < 1.29 is 14.3 Å². The average Bonchev–Trinajstić information content (AvgIpc) is 3.26. The lowest BCUT2D eigenvalue weighted by molar-refractivity contribution is -0.164. The number of rotatable bonds is 1. The fraction of sp³-hybridized carbons (Fsp3) is 0.955. The minimum Gasteiger partial charge on any atom is -0.462 e. The van der Waals surface area contributed by atoms with Crippen LogP contribution < -0.4 is 0 Å². The van der Waals surface area contributed by atoms with Crippen LogP contribution in [0.4, 0.5) is 0 Å². The van der Waals surface area contributed by atoms with Gasteiger partial charge in [0.15, 0.2) is 0 Å². The van der Waals surface area contributed by atoms with E-state index in [1.807, 2.05) is 0 Å². The summed E-state index contributed by atoms with van der Waals surface area (Å²) in [7, 11) is 0. The van der Waals surface area contributed by atoms with Crippen molar-refractivity contribution in [3.63, 3.8) is 0 Å². The molecule has 5 rings (SSSR count). The Morgan fingerprint density at radius 2 is 1.88 bits per heavy atom. The van der Waals surface area contributed by atoms with Crippen molar-refractivity contribution in [2.45, 2.75) is 91.0 Å². The Labute approximate surface area is 152 Å². The zero-order chi connectivity index (χ0) is 17.6. The van der Waals surface area contributed by atoms with E-state index in [0.29, 0.717) is 23.5 Å². The largest absolute Gasteiger partial charge is 0.462 e. The van der Waals surface area contributed by atoms with Crippen LogP contribution in [0.15, 0.2) is 0 Å². The summed E-state index contributed by atoms with van der Waals surface area (Å²) in [6.45, 7) is 9.08. The lowest BCUT2D eigenvalue weighted by atomic mass is 9.43. The minimum absolute atomic E-state index is 0.0949. The van der Waals surface area contributed by atoms with Crippen LogP contribution in [0.5, 0.6) is 0 Å². The molecule has 3 nitrogen and oxygen atoms in total. The lowest BCUT2D eigenvalue weighted by Gasteiger charge is -2.61. The van der Waals surface area contributed by atoms with Crippen LogP contribution in [0.3, 0.4) is 0 Å². The predicted octanol–water partition coefficient (Wildman–Crippen LogP) is 4.58. The molecule has 0 radical (unpaired) electrons. The molecular formula is C22H34O3. The SMILES string of the molecule is CC(=O)OC1CC[C@H]2[C@@H]3CCC4CC5OC5C(C)[C@]4(C)[C@H]3CC[C@]12C. The first-order valence-electron chi connectivity index (χ1n) is 10.7. The molecule has 10 atom stereocenters. The van der Waals surface area contributed by atoms with E-state index in [9.17, 15) is 4.79 Å². The van der Waals surface area contributed by atoms with E-state index < -0.39 is 0 Å². The van der Waals surface area contributed by atoms with Gasteiger partial charge in [-0.15, -0.1) is 0 Å². The number of carbonyl (C=O) groups is 1. The molecule has 0 aromatic carbocycles. The first-order valence-corrected chi connectivity index (χ1v) is 10.7. The molecule has 0 aromatic rings. The summed E-state index contributed by atoms with van der Waals surface area (Å²) >= 11 is 0. The Hall–Kier alpha value is -0.570. The van der Waals surface area contributed by atoms with Gasteiger partial charge in [0, 0.05) is 12.3 Å². The van der Waals surface area contributed by atoms with Crippen LogP contribution >= 0.6 is 0 Å². The van der Waals surface area contributed by atoms with Gasteiger partial charge < -0.3 is 9.47 Å². The summed E-state index contributed by atoms with van der Waals surface area (Å²) in [6.07, 6.45) is 10.3. The number of carbonyl (C=O) groups excluding carboxylic acids is 1. The zero-order valence-electron chi connectivity index (χ0n) is 16.3. The maximum atomic E-state index is 11.6. The van der Waals surface area contributed by atoms with Crippen molar-refractivity contribution in [1.82, 2.24) is 0 Å². The molecule has 5 fully saturated rings. The van der Waals surface area contributed by atoms with Gasteiger partial charge in [-0.3, -0.25) is 4.79 Å². The van der Waals surface area contributed by atoms with Crippen molar-refractivity contribution in [2.24, 2.45) is 40.4 Å². The predicted molar refractivity (Wildman–Crippen MR) is 95.9 cm³/mol. The highest BCUT2D eigenvalue weighted by Crippen LogP contribution is 2.69. The quantitative estimate of drug-likeness (QED) is 0.515. The molecule has 5 aliphatic rings. The number of epoxide rings is 1. The van der Waals surface area contributed by atoms with Crippen LogP contribution in [0, 0.1) is 40.4 Å². The van der Waals surface area contributed by atoms with Crippen molar-refractivity contribution in [2.75, 3.05) is 0 Å². The highest BCUT2D eigenvalue weighted by Gasteiger charge is 2.66. The van der Waals surface area contributed by atoms with Crippen molar-refractivity contribution >= 4 is 5.97 Å². The van der Waals surface area contributed by atoms with Crippen LogP contribution in [0.2, 0.25) is 0 Å². The van der Waals surface area contributed by atoms with Gasteiger partial charge >= 0.3 is 5.97 Å². The Balaban J connectivity index is 1.44. The number of hydrogen-bond donors (Lipinski definition) is 0. The number of esters is 1. The lowest BCUT2D eigenvalue weighted by Crippen LogP contribution is -2.57. The van der Waals surface area contributed by atoms with E-state index in [2.05, 4.69) is 20.8 Å². The molecule has 1 aliphatic heterocycles. The van der Waals surface area contributed by atoms with Crippen molar-refractivity contribution in [1.29, 1.82) is 0 Å². The molecule has 0 aromatic heterocycles. The fourth-order valence-corrected chi connectivity index (χ4v) is 8.32. The molecule has 4 aliphatic carbocycles. The summed E-state index contributed by atoms with van der Waals surface area (Å²) in [5, 5.41) is 0. The normalized spacial score (nSPS) is 59.2. The summed E-state index contributed by atoms with van der Waals surface area (Å²) < 4.78 is 11.8. The van der Waals surface area contributed by atoms with Crippen LogP contribution in [-0.4, -0.2) is 24.3 Å². The maximum Gasteiger partial charge on any atom is 0.302 e. The Kier molecular flexibility index (Phi) is 3.48. The van der Waals surface area contributed by atoms with Gasteiger partial charge in [-0.25, -0.2) is 0 Å². The van der Waals surface area contributed by atoms with Crippen LogP contribution in [0.25, 0.3) is 0 Å². The van der Waals surface area contributed by atoms with Crippen LogP contribution in [-0.2, 0) is 14.3 Å². The fourth-order valence-electron chi connectivity index (χ4n) is 8.32. The molecule has 0 N–H and O–H groups in total. The highest BCUT2D eigenvalue weighted by molar-refractivity contribution is 5.66. The number of ether oxygens (including phenoxy) is 2. The second-order valence-electron chi connectivity index (χ2n) is 10.4. The van der Waals surface area contributed by atoms with E-state index in [0.717, 1.165) is 30.1 Å². The maximum absolute atomic E-state index is 11.6. The molecule has 4 saturated carbocycles. The summed E-state index contributed by atoms with van der Waals surface area (Å²) in [5.41, 5.74) is 0.675. The first kappa shape index (κ1) is 16.6. The summed E-state index contributed by atoms with van der Waals surface area (Å²) in [4.78, 5) is 11.6. The van der Waals surface area contributed by atoms with Gasteiger partial charge in [0.05, 0.1) is 12.2 Å². The Morgan fingerprint density at radius 3 is 2.64 bits per heavy atom. The van der Waals surface area contributed by atoms with Gasteiger partial charge in [-0.2, -0.15) is 0 Å². The van der Waals surface area contributed by atoms with Gasteiger partial charge in [-0.05, 0) is 80.0 Å². The Morgan fingerprint density at radius 1 is 1.08 bits per heavy atom. The molecular weight excluding hydrogens is 312 g/mol. The third-order valence-electron chi connectivity index (χ3n) is 9.80. The van der Waals surface area contributed by atoms with E-state index in [-0.39, 0.29) is 17.5 Å². The van der Waals surface area contributed by atoms with E-state index >= 15 is 0 Å². The molecule has 1 saturated heterocycles. The number of fused-ring (bicyclic) bond motifs is 6. The monoisotopic (exact) mass is 346 g/mol. The van der Waals surface area contributed by atoms with E-state index in [4.69, 9.17) is 9.47 Å². The molecule has 3 heteroatoms. The van der Waals surface area contributed by atoms with Gasteiger partial charge in [-0.1, -0.05) is 20.8 Å². The second kappa shape index (κ2) is 5.24. The van der Waals surface area contributed by atoms with E-state index in [1.54, 1.807) is 6.92 Å². The standard InChI is InChI=1S/C22H34O3/c1-12-20-18(25-20)11-14-5-6-15-16-7-8-19(24-13(2)23)21(16,3)10-9-17(15)22(12,14)4/h12,14-20H,5-11H2,1-4H3/t12?,14?,15-,16-,17-,18?,19?,20?,21-,22-/m0/s1. The van der Waals surface area contributed by atoms with Crippen molar-refractivity contribution in [3.05, 3.63) is 0 Å². The highest BCUT2D eigenvalue weighted by atomic mass is 16.6. The third-order valence-corrected chi connectivity index (χ3v) is 9.80. The van der Waals surface area contributed by atoms with Gasteiger partial charge in [0.2, 0.25) is 0 Å². The molecule has 140 valence electrons. The average molecular weight is 347 g/mol. The molecule has 25 heavy (non-hydrogen) atoms. The summed E-state index contributed by atoms with van der Waals surface area (Å²) in [6, 6.07) is 0. The Bertz CT molecular complexity index is 588. The smallest absolute Gasteiger partial charge is 0.302 e. The van der Waals surface area contributed by atoms with E-state index in [1.165, 1.54) is 38.5 Å². The second-order valence-corrected chi connectivity index (χ2v) is 10.4. The van der Waals surface area contributed by atoms with Crippen LogP contribution in [0.1, 0.15) is 72.6 Å². The number of hydrogen-bond acceptors (Lipinski definition) is 3. The molecule has 5 unspecified atom stereocenters. The summed E-state index contributed by atoms with van der Waals surface area (Å²) in [5.74, 6) is 3.90. The third kappa shape index (κ3) is 2.11. The van der Waals surface area contributed by atoms with Gasteiger partial charge in [0.1, 0.15) is 6.10 Å². The first-order chi connectivity index (χ1) is 11.9. The molecule has 0 bridgehead atoms. The van der Waals surface area contributed by atoms with Crippen molar-refractivity contribution in [3.8, 4) is 0 Å². The zero-order valence-corrected chi connectivity index (χ0v) is 16.3. The van der Waals surface area contributed by atoms with Gasteiger partial charge in [0.25, 0.3) is 0 Å². The molecule has 0 spiro atoms.